The maximum absolute atomic E-state index is 13.2. The van der Waals surface area contributed by atoms with E-state index >= 15 is 0 Å². The van der Waals surface area contributed by atoms with E-state index < -0.39 is 18.1 Å². The molecule has 2 aromatic carbocycles. The van der Waals surface area contributed by atoms with E-state index in [2.05, 4.69) is 15.2 Å². The summed E-state index contributed by atoms with van der Waals surface area (Å²) in [6.45, 7) is 0.649. The molecule has 1 aromatic heterocycles. The first-order valence-corrected chi connectivity index (χ1v) is 9.51. The number of halogens is 6. The quantitative estimate of drug-likeness (QED) is 0.492. The summed E-state index contributed by atoms with van der Waals surface area (Å²) >= 11 is 0. The summed E-state index contributed by atoms with van der Waals surface area (Å²) in [6.07, 6.45) is -6.97. The van der Waals surface area contributed by atoms with Crippen LogP contribution in [0.1, 0.15) is 24.0 Å². The van der Waals surface area contributed by atoms with E-state index in [1.54, 1.807) is 6.07 Å². The molecule has 0 aliphatic carbocycles. The number of aromatic nitrogens is 2. The zero-order valence-electron chi connectivity index (χ0n) is 16.0. The molecule has 1 aliphatic rings. The van der Waals surface area contributed by atoms with E-state index in [1.165, 1.54) is 22.9 Å². The minimum Gasteiger partial charge on any atom is -0.406 e. The number of fused-ring (bicyclic) bond motifs is 1. The van der Waals surface area contributed by atoms with Gasteiger partial charge in [0.25, 0.3) is 0 Å². The Hall–Kier alpha value is -3.17. The Balaban J connectivity index is 1.78. The number of ether oxygens (including phenoxy) is 1. The van der Waals surface area contributed by atoms with Crippen molar-refractivity contribution in [1.82, 2.24) is 9.78 Å². The van der Waals surface area contributed by atoms with Crippen LogP contribution in [-0.2, 0) is 12.6 Å². The van der Waals surface area contributed by atoms with Crippen molar-refractivity contribution >= 4 is 5.82 Å². The average Bonchev–Trinajstić information content (AvgIpc) is 2.88. The Kier molecular flexibility index (Phi) is 5.32. The molecular weight excluding hydrogens is 424 g/mol. The molecule has 2 heterocycles. The minimum absolute atomic E-state index is 0.325. The van der Waals surface area contributed by atoms with Crippen molar-refractivity contribution in [3.05, 3.63) is 59.7 Å². The second kappa shape index (κ2) is 7.82. The fraction of sp³-hybridized carbons (Fsp3) is 0.286. The molecule has 0 saturated carbocycles. The normalized spacial score (nSPS) is 14.5. The summed E-state index contributed by atoms with van der Waals surface area (Å²) in [5.74, 6) is 0.245. The van der Waals surface area contributed by atoms with E-state index in [4.69, 9.17) is 0 Å². The zero-order chi connectivity index (χ0) is 22.2. The van der Waals surface area contributed by atoms with Gasteiger partial charge in [0.05, 0.1) is 16.9 Å². The summed E-state index contributed by atoms with van der Waals surface area (Å²) in [5.41, 5.74) is 1.19. The van der Waals surface area contributed by atoms with Crippen LogP contribution in [0.5, 0.6) is 5.75 Å². The summed E-state index contributed by atoms with van der Waals surface area (Å²) in [7, 11) is 0. The number of benzene rings is 2. The van der Waals surface area contributed by atoms with Crippen LogP contribution in [-0.4, -0.2) is 22.7 Å². The van der Waals surface area contributed by atoms with E-state index in [-0.39, 0.29) is 5.75 Å². The molecule has 1 N–H and O–H groups in total. The fourth-order valence-electron chi connectivity index (χ4n) is 3.55. The highest BCUT2D eigenvalue weighted by atomic mass is 19.4. The van der Waals surface area contributed by atoms with Crippen LogP contribution in [0.3, 0.4) is 0 Å². The molecule has 4 nitrogen and oxygen atoms in total. The third-order valence-electron chi connectivity index (χ3n) is 4.91. The van der Waals surface area contributed by atoms with E-state index in [9.17, 15) is 26.3 Å². The molecule has 0 saturated heterocycles. The number of hydrogen-bond donors (Lipinski definition) is 1. The second-order valence-corrected chi connectivity index (χ2v) is 7.09. The monoisotopic (exact) mass is 441 g/mol. The van der Waals surface area contributed by atoms with Gasteiger partial charge < -0.3 is 10.1 Å². The van der Waals surface area contributed by atoms with Crippen LogP contribution in [0.15, 0.2) is 48.5 Å². The number of anilines is 1. The van der Waals surface area contributed by atoms with Crippen LogP contribution in [0.4, 0.5) is 32.2 Å². The van der Waals surface area contributed by atoms with Crippen molar-refractivity contribution in [3.8, 4) is 22.7 Å². The SMILES string of the molecule is FC(F)(F)Oc1ccc(-n2nc(-c3cccc(C(F)(F)F)c3)c3c2NCCCC3)cc1. The smallest absolute Gasteiger partial charge is 0.406 e. The Bertz CT molecular complexity index is 1070. The van der Waals surface area contributed by atoms with Gasteiger partial charge in [-0.15, -0.1) is 13.2 Å². The zero-order valence-corrected chi connectivity index (χ0v) is 16.0. The molecule has 1 aliphatic heterocycles. The highest BCUT2D eigenvalue weighted by Gasteiger charge is 2.32. The van der Waals surface area contributed by atoms with Gasteiger partial charge in [0.2, 0.25) is 0 Å². The minimum atomic E-state index is -4.80. The van der Waals surface area contributed by atoms with Crippen LogP contribution in [0, 0.1) is 0 Å². The molecular formula is C21H17F6N3O. The van der Waals surface area contributed by atoms with Crippen LogP contribution in [0.2, 0.25) is 0 Å². The summed E-state index contributed by atoms with van der Waals surface area (Å²) in [4.78, 5) is 0. The molecule has 4 rings (SSSR count). The lowest BCUT2D eigenvalue weighted by Gasteiger charge is -2.11. The van der Waals surface area contributed by atoms with Crippen molar-refractivity contribution in [2.45, 2.75) is 31.8 Å². The lowest BCUT2D eigenvalue weighted by Crippen LogP contribution is -2.17. The number of rotatable bonds is 3. The highest BCUT2D eigenvalue weighted by Crippen LogP contribution is 2.37. The van der Waals surface area contributed by atoms with Gasteiger partial charge in [-0.2, -0.15) is 18.3 Å². The standard InChI is InChI=1S/C21H17F6N3O/c22-20(23,24)14-5-3-4-13(12-14)18-17-6-1-2-11-28-19(17)30(29-18)15-7-9-16(10-8-15)31-21(25,26)27/h3-5,7-10,12,28H,1-2,6,11H2. The molecule has 10 heteroatoms. The summed E-state index contributed by atoms with van der Waals surface area (Å²) < 4.78 is 82.2. The number of hydrogen-bond acceptors (Lipinski definition) is 3. The van der Waals surface area contributed by atoms with Gasteiger partial charge in [-0.1, -0.05) is 12.1 Å². The van der Waals surface area contributed by atoms with Crippen LogP contribution < -0.4 is 10.1 Å². The first kappa shape index (κ1) is 21.1. The lowest BCUT2D eigenvalue weighted by atomic mass is 10.0. The Morgan fingerprint density at radius 2 is 1.68 bits per heavy atom. The van der Waals surface area contributed by atoms with Gasteiger partial charge >= 0.3 is 12.5 Å². The van der Waals surface area contributed by atoms with Gasteiger partial charge in [0, 0.05) is 17.7 Å². The van der Waals surface area contributed by atoms with Crippen molar-refractivity contribution in [1.29, 1.82) is 0 Å². The van der Waals surface area contributed by atoms with Gasteiger partial charge in [0.1, 0.15) is 11.6 Å². The average molecular weight is 441 g/mol. The van der Waals surface area contributed by atoms with Crippen molar-refractivity contribution in [2.24, 2.45) is 0 Å². The van der Waals surface area contributed by atoms with E-state index in [0.717, 1.165) is 42.7 Å². The topological polar surface area (TPSA) is 39.1 Å². The van der Waals surface area contributed by atoms with Crippen LogP contribution in [0.25, 0.3) is 16.9 Å². The highest BCUT2D eigenvalue weighted by molar-refractivity contribution is 5.72. The number of nitrogens with zero attached hydrogens (tertiary/aromatic N) is 2. The van der Waals surface area contributed by atoms with Gasteiger partial charge in [-0.05, 0) is 55.7 Å². The van der Waals surface area contributed by atoms with Crippen molar-refractivity contribution in [2.75, 3.05) is 11.9 Å². The molecule has 31 heavy (non-hydrogen) atoms. The Morgan fingerprint density at radius 1 is 0.935 bits per heavy atom. The summed E-state index contributed by atoms with van der Waals surface area (Å²) in [6, 6.07) is 10.1. The Labute approximate surface area is 173 Å². The molecule has 0 fully saturated rings. The first-order chi connectivity index (χ1) is 14.6. The number of alkyl halides is 6. The van der Waals surface area contributed by atoms with Crippen molar-refractivity contribution < 1.29 is 31.1 Å². The molecule has 0 spiro atoms. The Morgan fingerprint density at radius 3 is 2.35 bits per heavy atom. The maximum atomic E-state index is 13.2. The fourth-order valence-corrected chi connectivity index (χ4v) is 3.55. The van der Waals surface area contributed by atoms with Gasteiger partial charge in [-0.25, -0.2) is 4.68 Å². The predicted octanol–water partition coefficient (Wildman–Crippen LogP) is 6.20. The molecule has 3 aromatic rings. The molecule has 0 amide bonds. The van der Waals surface area contributed by atoms with E-state index in [1.807, 2.05) is 0 Å². The number of nitrogens with one attached hydrogen (secondary N) is 1. The molecule has 0 unspecified atom stereocenters. The molecule has 0 bridgehead atoms. The van der Waals surface area contributed by atoms with Crippen LogP contribution >= 0.6 is 0 Å². The lowest BCUT2D eigenvalue weighted by molar-refractivity contribution is -0.274. The summed E-state index contributed by atoms with van der Waals surface area (Å²) in [5, 5.41) is 7.77. The third kappa shape index (κ3) is 4.62. The van der Waals surface area contributed by atoms with Gasteiger partial charge in [-0.3, -0.25) is 0 Å². The second-order valence-electron chi connectivity index (χ2n) is 7.09. The molecule has 0 atom stereocenters. The molecule has 164 valence electrons. The third-order valence-corrected chi connectivity index (χ3v) is 4.91. The maximum Gasteiger partial charge on any atom is 0.573 e. The van der Waals surface area contributed by atoms with Gasteiger partial charge in [0.15, 0.2) is 0 Å². The molecule has 0 radical (unpaired) electrons. The first-order valence-electron chi connectivity index (χ1n) is 9.51. The van der Waals surface area contributed by atoms with Crippen molar-refractivity contribution in [3.63, 3.8) is 0 Å². The largest absolute Gasteiger partial charge is 0.573 e. The predicted molar refractivity (Wildman–Crippen MR) is 102 cm³/mol. The van der Waals surface area contributed by atoms with E-state index in [0.29, 0.717) is 35.7 Å².